The van der Waals surface area contributed by atoms with Crippen molar-refractivity contribution in [1.29, 1.82) is 0 Å². The summed E-state index contributed by atoms with van der Waals surface area (Å²) in [5, 5.41) is 0.599. The van der Waals surface area contributed by atoms with Gasteiger partial charge in [-0.2, -0.15) is 0 Å². The molecule has 0 bridgehead atoms. The largest absolute Gasteiger partial charge is 0.490 e. The average Bonchev–Trinajstić information content (AvgIpc) is 2.77. The molecule has 0 aliphatic carbocycles. The second-order valence-electron chi connectivity index (χ2n) is 7.27. The van der Waals surface area contributed by atoms with Crippen molar-refractivity contribution in [3.05, 3.63) is 35.0 Å². The van der Waals surface area contributed by atoms with Gasteiger partial charge in [-0.1, -0.05) is 24.8 Å². The molecule has 2 aliphatic heterocycles. The Balaban J connectivity index is 2.06. The zero-order valence-corrected chi connectivity index (χ0v) is 19.8. The molecule has 0 radical (unpaired) electrons. The zero-order valence-electron chi connectivity index (χ0n) is 19.0. The Bertz CT molecular complexity index is 914. The highest BCUT2D eigenvalue weighted by atomic mass is 32.2. The van der Waals surface area contributed by atoms with Gasteiger partial charge in [0.1, 0.15) is 6.61 Å². The first kappa shape index (κ1) is 24.1. The Labute approximate surface area is 192 Å². The molecular formula is C23H30N2O6S. The lowest BCUT2D eigenvalue weighted by atomic mass is 9.93. The van der Waals surface area contributed by atoms with Gasteiger partial charge in [-0.25, -0.2) is 9.79 Å². The molecule has 2 aliphatic rings. The summed E-state index contributed by atoms with van der Waals surface area (Å²) in [6.45, 7) is 7.13. The van der Waals surface area contributed by atoms with Crippen LogP contribution in [0.5, 0.6) is 11.5 Å². The number of aliphatic imine (C=N–C) groups is 1. The average molecular weight is 463 g/mol. The molecule has 0 spiro atoms. The van der Waals surface area contributed by atoms with Crippen molar-refractivity contribution >= 4 is 28.8 Å². The number of amides is 1. The van der Waals surface area contributed by atoms with Crippen LogP contribution in [0.25, 0.3) is 0 Å². The standard InChI is InChI=1S/C23H30N2O6S/c1-5-10-30-17-8-7-16(14-18(17)29-6-2)21-20(22(27)31-12-11-28-4)15(3)24-23-25(21)19(26)9-13-32-23/h7-8,14,21H,5-6,9-13H2,1-4H3/t21-/m1/s1. The van der Waals surface area contributed by atoms with Crippen molar-refractivity contribution in [2.75, 3.05) is 39.3 Å². The minimum atomic E-state index is -0.655. The van der Waals surface area contributed by atoms with E-state index in [1.54, 1.807) is 18.9 Å². The number of carbonyl (C=O) groups is 2. The summed E-state index contributed by atoms with van der Waals surface area (Å²) in [5.41, 5.74) is 1.61. The lowest BCUT2D eigenvalue weighted by molar-refractivity contribution is -0.141. The van der Waals surface area contributed by atoms with Crippen molar-refractivity contribution in [3.63, 3.8) is 0 Å². The monoisotopic (exact) mass is 462 g/mol. The zero-order chi connectivity index (χ0) is 23.1. The molecule has 1 fully saturated rings. The number of carbonyl (C=O) groups excluding carboxylic acids is 2. The second-order valence-corrected chi connectivity index (χ2v) is 8.34. The van der Waals surface area contributed by atoms with Crippen LogP contribution in [0.4, 0.5) is 0 Å². The number of hydrogen-bond acceptors (Lipinski definition) is 8. The molecule has 32 heavy (non-hydrogen) atoms. The molecular weight excluding hydrogens is 432 g/mol. The molecule has 8 nitrogen and oxygen atoms in total. The number of methoxy groups -OCH3 is 1. The lowest BCUT2D eigenvalue weighted by Crippen LogP contribution is -2.45. The van der Waals surface area contributed by atoms with E-state index in [0.717, 1.165) is 12.0 Å². The summed E-state index contributed by atoms with van der Waals surface area (Å²) >= 11 is 1.51. The Morgan fingerprint density at radius 3 is 2.72 bits per heavy atom. The molecule has 1 atom stereocenters. The van der Waals surface area contributed by atoms with Crippen LogP contribution < -0.4 is 9.47 Å². The van der Waals surface area contributed by atoms with E-state index in [4.69, 9.17) is 18.9 Å². The number of ether oxygens (including phenoxy) is 4. The Morgan fingerprint density at radius 1 is 1.19 bits per heavy atom. The van der Waals surface area contributed by atoms with Crippen LogP contribution in [-0.2, 0) is 19.1 Å². The van der Waals surface area contributed by atoms with Crippen molar-refractivity contribution in [2.45, 2.75) is 39.7 Å². The molecule has 1 saturated heterocycles. The molecule has 0 aromatic heterocycles. The predicted molar refractivity (Wildman–Crippen MR) is 123 cm³/mol. The smallest absolute Gasteiger partial charge is 0.338 e. The van der Waals surface area contributed by atoms with Gasteiger partial charge < -0.3 is 18.9 Å². The number of benzene rings is 1. The molecule has 9 heteroatoms. The van der Waals surface area contributed by atoms with Crippen LogP contribution in [0.15, 0.2) is 34.5 Å². The van der Waals surface area contributed by atoms with Crippen LogP contribution >= 0.6 is 11.8 Å². The van der Waals surface area contributed by atoms with E-state index >= 15 is 0 Å². The number of allylic oxidation sites excluding steroid dienone is 1. The van der Waals surface area contributed by atoms with Crippen LogP contribution in [0.1, 0.15) is 45.2 Å². The third-order valence-electron chi connectivity index (χ3n) is 4.99. The van der Waals surface area contributed by atoms with Crippen molar-refractivity contribution in [2.24, 2.45) is 4.99 Å². The maximum Gasteiger partial charge on any atom is 0.338 e. The summed E-state index contributed by atoms with van der Waals surface area (Å²) in [5.74, 6) is 1.28. The number of fused-ring (bicyclic) bond motifs is 1. The number of esters is 1. The second kappa shape index (κ2) is 11.4. The topological polar surface area (TPSA) is 86.7 Å². The molecule has 0 N–H and O–H groups in total. The van der Waals surface area contributed by atoms with Crippen LogP contribution in [-0.4, -0.2) is 61.2 Å². The van der Waals surface area contributed by atoms with Gasteiger partial charge in [-0.05, 0) is 38.0 Å². The van der Waals surface area contributed by atoms with Crippen molar-refractivity contribution in [1.82, 2.24) is 4.90 Å². The normalized spacial score (nSPS) is 18.2. The molecule has 2 heterocycles. The van der Waals surface area contributed by atoms with E-state index in [1.165, 1.54) is 11.8 Å². The van der Waals surface area contributed by atoms with Gasteiger partial charge in [0, 0.05) is 19.3 Å². The van der Waals surface area contributed by atoms with Gasteiger partial charge in [-0.15, -0.1) is 0 Å². The van der Waals surface area contributed by atoms with Gasteiger partial charge in [0.25, 0.3) is 0 Å². The van der Waals surface area contributed by atoms with Crippen LogP contribution in [0.2, 0.25) is 0 Å². The molecule has 0 saturated carbocycles. The highest BCUT2D eigenvalue weighted by Gasteiger charge is 2.42. The van der Waals surface area contributed by atoms with E-state index in [1.807, 2.05) is 32.0 Å². The first-order valence-electron chi connectivity index (χ1n) is 10.8. The Kier molecular flexibility index (Phi) is 8.58. The number of amidine groups is 1. The third kappa shape index (κ3) is 5.27. The van der Waals surface area contributed by atoms with Crippen molar-refractivity contribution in [3.8, 4) is 11.5 Å². The maximum absolute atomic E-state index is 13.1. The van der Waals surface area contributed by atoms with Gasteiger partial charge in [0.2, 0.25) is 5.91 Å². The Hall–Kier alpha value is -2.52. The number of thioether (sulfide) groups is 1. The fourth-order valence-corrected chi connectivity index (χ4v) is 4.57. The van der Waals surface area contributed by atoms with Gasteiger partial charge >= 0.3 is 5.97 Å². The first-order valence-corrected chi connectivity index (χ1v) is 11.8. The Morgan fingerprint density at radius 2 is 2.00 bits per heavy atom. The summed E-state index contributed by atoms with van der Waals surface area (Å²) in [6.07, 6.45) is 1.25. The van der Waals surface area contributed by atoms with Gasteiger partial charge in [-0.3, -0.25) is 9.69 Å². The summed E-state index contributed by atoms with van der Waals surface area (Å²) < 4.78 is 22.0. The van der Waals surface area contributed by atoms with E-state index in [0.29, 0.717) is 53.3 Å². The van der Waals surface area contributed by atoms with Gasteiger partial charge in [0.15, 0.2) is 16.7 Å². The molecule has 174 valence electrons. The molecule has 1 aromatic rings. The maximum atomic E-state index is 13.1. The lowest BCUT2D eigenvalue weighted by Gasteiger charge is -2.39. The minimum Gasteiger partial charge on any atom is -0.490 e. The van der Waals surface area contributed by atoms with Crippen LogP contribution in [0.3, 0.4) is 0 Å². The number of nitrogens with zero attached hydrogens (tertiary/aromatic N) is 2. The van der Waals surface area contributed by atoms with Crippen molar-refractivity contribution < 1.29 is 28.5 Å². The minimum absolute atomic E-state index is 0.0774. The SMILES string of the molecule is CCCOc1ccc([C@@H]2C(C(=O)OCCOC)=C(C)N=C3SCCC(=O)N32)cc1OCC. The van der Waals surface area contributed by atoms with Crippen LogP contribution in [0, 0.1) is 0 Å². The van der Waals surface area contributed by atoms with E-state index in [-0.39, 0.29) is 19.1 Å². The molecule has 1 aromatic carbocycles. The fraction of sp³-hybridized carbons (Fsp3) is 0.522. The van der Waals surface area contributed by atoms with E-state index < -0.39 is 12.0 Å². The molecule has 0 unspecified atom stereocenters. The van der Waals surface area contributed by atoms with Gasteiger partial charge in [0.05, 0.1) is 37.1 Å². The number of rotatable bonds is 10. The fourth-order valence-electron chi connectivity index (χ4n) is 3.56. The third-order valence-corrected chi connectivity index (χ3v) is 5.95. The highest BCUT2D eigenvalue weighted by molar-refractivity contribution is 8.14. The summed E-state index contributed by atoms with van der Waals surface area (Å²) in [6, 6.07) is 4.87. The highest BCUT2D eigenvalue weighted by Crippen LogP contribution is 2.42. The summed E-state index contributed by atoms with van der Waals surface area (Å²) in [4.78, 5) is 32.2. The van der Waals surface area contributed by atoms with E-state index in [9.17, 15) is 9.59 Å². The van der Waals surface area contributed by atoms with E-state index in [2.05, 4.69) is 4.99 Å². The first-order chi connectivity index (χ1) is 15.5. The number of hydrogen-bond donors (Lipinski definition) is 0. The summed E-state index contributed by atoms with van der Waals surface area (Å²) in [7, 11) is 1.54. The molecule has 3 rings (SSSR count). The quantitative estimate of drug-likeness (QED) is 0.387. The predicted octanol–water partition coefficient (Wildman–Crippen LogP) is 3.71. The molecule has 1 amide bonds.